The van der Waals surface area contributed by atoms with Gasteiger partial charge in [-0.05, 0) is 86.3 Å². The van der Waals surface area contributed by atoms with Gasteiger partial charge in [0.05, 0.1) is 26.3 Å². The quantitative estimate of drug-likeness (QED) is 0.229. The van der Waals surface area contributed by atoms with E-state index in [0.29, 0.717) is 6.61 Å². The van der Waals surface area contributed by atoms with Crippen molar-refractivity contribution in [3.63, 3.8) is 0 Å². The van der Waals surface area contributed by atoms with E-state index < -0.39 is 0 Å². The van der Waals surface area contributed by atoms with Crippen molar-refractivity contribution in [1.82, 2.24) is 10.6 Å². The van der Waals surface area contributed by atoms with Crippen LogP contribution >= 0.6 is 0 Å². The Hall–Kier alpha value is -4.26. The van der Waals surface area contributed by atoms with Crippen molar-refractivity contribution < 1.29 is 13.9 Å². The van der Waals surface area contributed by atoms with Crippen LogP contribution in [0.3, 0.4) is 0 Å². The number of hydrogen-bond acceptors (Lipinski definition) is 7. The van der Waals surface area contributed by atoms with Gasteiger partial charge in [-0.15, -0.1) is 0 Å². The summed E-state index contributed by atoms with van der Waals surface area (Å²) >= 11 is 0. The SMILES string of the molecule is c1cc(OCCCCCCOc2ccc(C3=NCCN3)cc2)cc(-c2cc3cc(C4=NCCN4)ccc3o2)c1. The average Bonchev–Trinajstić information content (AvgIpc) is 3.77. The number of ether oxygens (including phenoxy) is 2. The Morgan fingerprint density at radius 2 is 1.33 bits per heavy atom. The summed E-state index contributed by atoms with van der Waals surface area (Å²) in [6.45, 7) is 4.92. The number of furan rings is 1. The van der Waals surface area contributed by atoms with Crippen LogP contribution in [0.5, 0.6) is 11.5 Å². The molecule has 0 atom stereocenters. The van der Waals surface area contributed by atoms with Crippen molar-refractivity contribution in [2.24, 2.45) is 9.98 Å². The molecule has 39 heavy (non-hydrogen) atoms. The van der Waals surface area contributed by atoms with E-state index in [0.717, 1.165) is 115 Å². The molecule has 2 N–H and O–H groups in total. The van der Waals surface area contributed by atoms with Gasteiger partial charge < -0.3 is 24.5 Å². The second-order valence-electron chi connectivity index (χ2n) is 9.84. The van der Waals surface area contributed by atoms with Crippen LogP contribution in [0.25, 0.3) is 22.3 Å². The summed E-state index contributed by atoms with van der Waals surface area (Å²) in [5.41, 5.74) is 4.10. The Morgan fingerprint density at radius 1 is 0.641 bits per heavy atom. The topological polar surface area (TPSA) is 80.4 Å². The standard InChI is InChI=1S/C32H34N4O3/c1(3-18-37-27-11-8-23(9-12-27)31-33-14-15-34-31)2-4-19-38-28-7-5-6-24(21-28)30-22-26-20-25(10-13-29(26)39-30)32-35-16-17-36-32/h5-13,20-22H,1-4,14-19H2,(H,33,34)(H,35,36). The predicted molar refractivity (Wildman–Crippen MR) is 156 cm³/mol. The molecule has 0 bridgehead atoms. The molecule has 0 spiro atoms. The molecule has 0 unspecified atom stereocenters. The third-order valence-corrected chi connectivity index (χ3v) is 6.96. The largest absolute Gasteiger partial charge is 0.494 e. The van der Waals surface area contributed by atoms with Gasteiger partial charge in [0.2, 0.25) is 0 Å². The molecule has 4 aromatic rings. The monoisotopic (exact) mass is 522 g/mol. The normalized spacial score (nSPS) is 14.6. The van der Waals surface area contributed by atoms with Gasteiger partial charge in [0, 0.05) is 35.2 Å². The molecule has 3 heterocycles. The van der Waals surface area contributed by atoms with Crippen LogP contribution in [0, 0.1) is 0 Å². The minimum Gasteiger partial charge on any atom is -0.494 e. The molecule has 0 aliphatic carbocycles. The Morgan fingerprint density at radius 3 is 2.05 bits per heavy atom. The van der Waals surface area contributed by atoms with Crippen molar-refractivity contribution in [1.29, 1.82) is 0 Å². The van der Waals surface area contributed by atoms with Crippen molar-refractivity contribution in [3.8, 4) is 22.8 Å². The minimum atomic E-state index is 0.697. The highest BCUT2D eigenvalue weighted by molar-refractivity contribution is 6.02. The molecule has 7 nitrogen and oxygen atoms in total. The second-order valence-corrected chi connectivity index (χ2v) is 9.84. The molecule has 200 valence electrons. The number of amidine groups is 2. The fourth-order valence-electron chi connectivity index (χ4n) is 4.90. The summed E-state index contributed by atoms with van der Waals surface area (Å²) in [6.07, 6.45) is 4.27. The molecule has 7 heteroatoms. The van der Waals surface area contributed by atoms with Crippen molar-refractivity contribution in [3.05, 3.63) is 83.9 Å². The van der Waals surface area contributed by atoms with Gasteiger partial charge in [-0.25, -0.2) is 0 Å². The number of benzene rings is 3. The molecule has 2 aliphatic rings. The smallest absolute Gasteiger partial charge is 0.135 e. The van der Waals surface area contributed by atoms with Gasteiger partial charge in [0.25, 0.3) is 0 Å². The van der Waals surface area contributed by atoms with Gasteiger partial charge in [-0.3, -0.25) is 9.98 Å². The van der Waals surface area contributed by atoms with Crippen LogP contribution in [-0.4, -0.2) is 51.1 Å². The molecule has 0 fully saturated rings. The molecule has 0 radical (unpaired) electrons. The predicted octanol–water partition coefficient (Wildman–Crippen LogP) is 5.82. The average molecular weight is 523 g/mol. The van der Waals surface area contributed by atoms with Crippen molar-refractivity contribution >= 4 is 22.6 Å². The van der Waals surface area contributed by atoms with E-state index in [4.69, 9.17) is 13.9 Å². The molecule has 0 saturated carbocycles. The molecular formula is C32H34N4O3. The zero-order chi connectivity index (χ0) is 26.3. The van der Waals surface area contributed by atoms with E-state index in [9.17, 15) is 0 Å². The maximum Gasteiger partial charge on any atom is 0.135 e. The second kappa shape index (κ2) is 12.1. The lowest BCUT2D eigenvalue weighted by Gasteiger charge is -2.09. The van der Waals surface area contributed by atoms with E-state index in [-0.39, 0.29) is 0 Å². The van der Waals surface area contributed by atoms with Gasteiger partial charge in [-0.2, -0.15) is 0 Å². The first-order chi connectivity index (χ1) is 19.3. The van der Waals surface area contributed by atoms with Gasteiger partial charge in [-0.1, -0.05) is 12.1 Å². The van der Waals surface area contributed by atoms with Crippen LogP contribution in [0.2, 0.25) is 0 Å². The lowest BCUT2D eigenvalue weighted by Crippen LogP contribution is -2.19. The minimum absolute atomic E-state index is 0.697. The number of hydrogen-bond donors (Lipinski definition) is 2. The lowest BCUT2D eigenvalue weighted by molar-refractivity contribution is 0.287. The van der Waals surface area contributed by atoms with E-state index in [2.05, 4.69) is 63.1 Å². The number of nitrogens with zero attached hydrogens (tertiary/aromatic N) is 2. The maximum absolute atomic E-state index is 6.13. The first-order valence-electron chi connectivity index (χ1n) is 13.9. The summed E-state index contributed by atoms with van der Waals surface area (Å²) in [6, 6.07) is 24.6. The third kappa shape index (κ3) is 6.25. The number of fused-ring (bicyclic) bond motifs is 1. The summed E-state index contributed by atoms with van der Waals surface area (Å²) < 4.78 is 18.1. The van der Waals surface area contributed by atoms with Crippen LogP contribution in [0.15, 0.2) is 87.2 Å². The molecule has 3 aromatic carbocycles. The van der Waals surface area contributed by atoms with Crippen molar-refractivity contribution in [2.75, 3.05) is 39.4 Å². The van der Waals surface area contributed by atoms with Crippen molar-refractivity contribution in [2.45, 2.75) is 25.7 Å². The van der Waals surface area contributed by atoms with E-state index in [1.807, 2.05) is 30.3 Å². The molecule has 1 aromatic heterocycles. The van der Waals surface area contributed by atoms with E-state index >= 15 is 0 Å². The highest BCUT2D eigenvalue weighted by Crippen LogP contribution is 2.30. The Labute approximate surface area is 229 Å². The molecule has 2 aliphatic heterocycles. The highest BCUT2D eigenvalue weighted by Gasteiger charge is 2.12. The Balaban J connectivity index is 0.921. The fraction of sp³-hybridized carbons (Fsp3) is 0.312. The lowest BCUT2D eigenvalue weighted by atomic mass is 10.1. The Bertz CT molecular complexity index is 1470. The molecular weight excluding hydrogens is 488 g/mol. The van der Waals surface area contributed by atoms with E-state index in [1.54, 1.807) is 0 Å². The summed E-state index contributed by atoms with van der Waals surface area (Å²) in [7, 11) is 0. The maximum atomic E-state index is 6.13. The number of nitrogens with one attached hydrogen (secondary N) is 2. The molecule has 0 amide bonds. The summed E-state index contributed by atoms with van der Waals surface area (Å²) in [5.74, 6) is 4.55. The van der Waals surface area contributed by atoms with Gasteiger partial charge >= 0.3 is 0 Å². The zero-order valence-corrected chi connectivity index (χ0v) is 22.1. The van der Waals surface area contributed by atoms with Crippen LogP contribution in [-0.2, 0) is 0 Å². The highest BCUT2D eigenvalue weighted by atomic mass is 16.5. The Kier molecular flexibility index (Phi) is 7.75. The molecule has 0 saturated heterocycles. The summed E-state index contributed by atoms with van der Waals surface area (Å²) in [5, 5.41) is 7.70. The summed E-state index contributed by atoms with van der Waals surface area (Å²) in [4.78, 5) is 8.97. The first kappa shape index (κ1) is 25.0. The van der Waals surface area contributed by atoms with E-state index in [1.165, 1.54) is 0 Å². The third-order valence-electron chi connectivity index (χ3n) is 6.96. The number of unbranched alkanes of at least 4 members (excludes halogenated alkanes) is 3. The van der Waals surface area contributed by atoms with Gasteiger partial charge in [0.15, 0.2) is 0 Å². The van der Waals surface area contributed by atoms with Crippen LogP contribution in [0.1, 0.15) is 36.8 Å². The van der Waals surface area contributed by atoms with Gasteiger partial charge in [0.1, 0.15) is 34.5 Å². The number of aliphatic imine (C=N–C) groups is 2. The first-order valence-corrected chi connectivity index (χ1v) is 13.9. The molecule has 6 rings (SSSR count). The zero-order valence-electron chi connectivity index (χ0n) is 22.1. The van der Waals surface area contributed by atoms with Crippen LogP contribution < -0.4 is 20.1 Å². The number of rotatable bonds is 12. The van der Waals surface area contributed by atoms with Crippen LogP contribution in [0.4, 0.5) is 0 Å². The fourth-order valence-corrected chi connectivity index (χ4v) is 4.90.